The van der Waals surface area contributed by atoms with Crippen LogP contribution in [0.25, 0.3) is 0 Å². The third kappa shape index (κ3) is 16.5. The Balaban J connectivity index is 0.00000676. The van der Waals surface area contributed by atoms with E-state index in [2.05, 4.69) is 22.5 Å². The van der Waals surface area contributed by atoms with Crippen LogP contribution in [0.15, 0.2) is 4.99 Å². The number of methoxy groups -OCH3 is 1. The molecule has 0 heterocycles. The molecule has 1 aliphatic carbocycles. The highest BCUT2D eigenvalue weighted by Gasteiger charge is 2.11. The fourth-order valence-corrected chi connectivity index (χ4v) is 3.04. The van der Waals surface area contributed by atoms with Gasteiger partial charge in [0, 0.05) is 40.0 Å². The van der Waals surface area contributed by atoms with Gasteiger partial charge in [-0.25, -0.2) is 0 Å². The summed E-state index contributed by atoms with van der Waals surface area (Å²) in [6.07, 6.45) is 11.6. The van der Waals surface area contributed by atoms with Gasteiger partial charge >= 0.3 is 0 Å². The summed E-state index contributed by atoms with van der Waals surface area (Å²) in [5, 5.41) is 6.69. The molecule has 0 aromatic heterocycles. The van der Waals surface area contributed by atoms with Gasteiger partial charge in [0.25, 0.3) is 0 Å². The molecule has 0 aromatic rings. The van der Waals surface area contributed by atoms with Crippen LogP contribution >= 0.6 is 24.0 Å². The maximum atomic E-state index is 6.04. The Morgan fingerprint density at radius 3 is 2.41 bits per heavy atom. The number of guanidine groups is 1. The van der Waals surface area contributed by atoms with Gasteiger partial charge in [-0.05, 0) is 39.0 Å². The molecule has 6 nitrogen and oxygen atoms in total. The lowest BCUT2D eigenvalue weighted by Crippen LogP contribution is -2.38. The van der Waals surface area contributed by atoms with E-state index < -0.39 is 0 Å². The van der Waals surface area contributed by atoms with Crippen LogP contribution in [0.5, 0.6) is 0 Å². The lowest BCUT2D eigenvalue weighted by molar-refractivity contribution is 0.0411. The van der Waals surface area contributed by atoms with Gasteiger partial charge < -0.3 is 24.8 Å². The van der Waals surface area contributed by atoms with Gasteiger partial charge in [-0.1, -0.05) is 25.7 Å². The van der Waals surface area contributed by atoms with E-state index in [1.165, 1.54) is 38.5 Å². The zero-order chi connectivity index (χ0) is 18.7. The molecular formula is C20H42IN3O3. The summed E-state index contributed by atoms with van der Waals surface area (Å²) in [6.45, 7) is 7.59. The fraction of sp³-hybridized carbons (Fsp3) is 0.950. The molecule has 0 amide bonds. The zero-order valence-corrected chi connectivity index (χ0v) is 19.8. The second-order valence-electron chi connectivity index (χ2n) is 6.84. The van der Waals surface area contributed by atoms with Crippen molar-refractivity contribution in [3.63, 3.8) is 0 Å². The molecule has 0 radical (unpaired) electrons. The van der Waals surface area contributed by atoms with E-state index in [4.69, 9.17) is 14.2 Å². The SMILES string of the molecule is CCNC(=NCCCOCCOC)NCCCCOC1CCCCCC1.I. The number of nitrogens with one attached hydrogen (secondary N) is 2. The van der Waals surface area contributed by atoms with Crippen LogP contribution in [0.2, 0.25) is 0 Å². The molecule has 0 saturated heterocycles. The lowest BCUT2D eigenvalue weighted by Gasteiger charge is -2.15. The quantitative estimate of drug-likeness (QED) is 0.125. The summed E-state index contributed by atoms with van der Waals surface area (Å²) in [5.74, 6) is 0.897. The number of nitrogens with zero attached hydrogens (tertiary/aromatic N) is 1. The molecule has 1 fully saturated rings. The normalized spacial score (nSPS) is 15.9. The molecule has 0 aromatic carbocycles. The van der Waals surface area contributed by atoms with Crippen molar-refractivity contribution < 1.29 is 14.2 Å². The Morgan fingerprint density at radius 1 is 0.926 bits per heavy atom. The van der Waals surface area contributed by atoms with E-state index in [1.807, 2.05) is 0 Å². The number of halogens is 1. The number of ether oxygens (including phenoxy) is 3. The van der Waals surface area contributed by atoms with E-state index in [0.29, 0.717) is 19.3 Å². The molecule has 1 saturated carbocycles. The van der Waals surface area contributed by atoms with Crippen molar-refractivity contribution >= 4 is 29.9 Å². The third-order valence-corrected chi connectivity index (χ3v) is 4.51. The predicted octanol–water partition coefficient (Wildman–Crippen LogP) is 3.73. The Hall–Kier alpha value is -0.120. The molecule has 0 unspecified atom stereocenters. The number of hydrogen-bond acceptors (Lipinski definition) is 4. The summed E-state index contributed by atoms with van der Waals surface area (Å²) >= 11 is 0. The molecule has 0 atom stereocenters. The van der Waals surface area contributed by atoms with E-state index in [0.717, 1.165) is 58.1 Å². The molecule has 2 N–H and O–H groups in total. The van der Waals surface area contributed by atoms with Crippen LogP contribution in [0.4, 0.5) is 0 Å². The molecule has 0 aliphatic heterocycles. The smallest absolute Gasteiger partial charge is 0.191 e. The minimum absolute atomic E-state index is 0. The second kappa shape index (κ2) is 20.6. The predicted molar refractivity (Wildman–Crippen MR) is 123 cm³/mol. The van der Waals surface area contributed by atoms with E-state index in [1.54, 1.807) is 7.11 Å². The fourth-order valence-electron chi connectivity index (χ4n) is 3.04. The molecule has 162 valence electrons. The zero-order valence-electron chi connectivity index (χ0n) is 17.5. The lowest BCUT2D eigenvalue weighted by atomic mass is 10.1. The van der Waals surface area contributed by atoms with Crippen molar-refractivity contribution in [2.75, 3.05) is 53.2 Å². The van der Waals surface area contributed by atoms with Gasteiger partial charge in [0.2, 0.25) is 0 Å². The molecule has 7 heteroatoms. The molecule has 0 bridgehead atoms. The van der Waals surface area contributed by atoms with Crippen molar-refractivity contribution in [2.45, 2.75) is 70.8 Å². The Morgan fingerprint density at radius 2 is 1.70 bits per heavy atom. The maximum Gasteiger partial charge on any atom is 0.191 e. The Bertz CT molecular complexity index is 338. The van der Waals surface area contributed by atoms with Gasteiger partial charge in [0.15, 0.2) is 5.96 Å². The third-order valence-electron chi connectivity index (χ3n) is 4.51. The van der Waals surface area contributed by atoms with Crippen LogP contribution in [0.1, 0.15) is 64.7 Å². The summed E-state index contributed by atoms with van der Waals surface area (Å²) in [5.41, 5.74) is 0. The first-order chi connectivity index (χ1) is 12.9. The van der Waals surface area contributed by atoms with Gasteiger partial charge in [0.1, 0.15) is 0 Å². The first-order valence-electron chi connectivity index (χ1n) is 10.6. The second-order valence-corrected chi connectivity index (χ2v) is 6.84. The topological polar surface area (TPSA) is 64.1 Å². The van der Waals surface area contributed by atoms with Crippen LogP contribution in [0, 0.1) is 0 Å². The van der Waals surface area contributed by atoms with Crippen LogP contribution < -0.4 is 10.6 Å². The van der Waals surface area contributed by atoms with E-state index in [-0.39, 0.29) is 24.0 Å². The van der Waals surface area contributed by atoms with Crippen LogP contribution in [0.3, 0.4) is 0 Å². The van der Waals surface area contributed by atoms with Crippen LogP contribution in [-0.4, -0.2) is 65.2 Å². The summed E-state index contributed by atoms with van der Waals surface area (Å²) in [4.78, 5) is 4.58. The van der Waals surface area contributed by atoms with Gasteiger partial charge in [-0.2, -0.15) is 0 Å². The highest BCUT2D eigenvalue weighted by atomic mass is 127. The van der Waals surface area contributed by atoms with E-state index >= 15 is 0 Å². The average molecular weight is 499 g/mol. The number of aliphatic imine (C=N–C) groups is 1. The minimum atomic E-state index is 0. The minimum Gasteiger partial charge on any atom is -0.382 e. The van der Waals surface area contributed by atoms with Crippen molar-refractivity contribution in [3.8, 4) is 0 Å². The Labute approximate surface area is 183 Å². The molecule has 1 rings (SSSR count). The van der Waals surface area contributed by atoms with Crippen molar-refractivity contribution in [2.24, 2.45) is 4.99 Å². The standard InChI is InChI=1S/C20H41N3O3.HI/c1-3-21-20(23-14-10-15-25-18-17-24-2)22-13-8-9-16-26-19-11-6-4-5-7-12-19;/h19H,3-18H2,1-2H3,(H2,21,22,23);1H. The monoisotopic (exact) mass is 499 g/mol. The van der Waals surface area contributed by atoms with E-state index in [9.17, 15) is 0 Å². The maximum absolute atomic E-state index is 6.04. The largest absolute Gasteiger partial charge is 0.382 e. The number of rotatable bonds is 14. The van der Waals surface area contributed by atoms with Crippen molar-refractivity contribution in [1.29, 1.82) is 0 Å². The molecular weight excluding hydrogens is 457 g/mol. The van der Waals surface area contributed by atoms with Gasteiger partial charge in [-0.15, -0.1) is 24.0 Å². The number of unbranched alkanes of at least 4 members (excludes halogenated alkanes) is 1. The molecule has 27 heavy (non-hydrogen) atoms. The van der Waals surface area contributed by atoms with Crippen molar-refractivity contribution in [3.05, 3.63) is 0 Å². The number of hydrogen-bond donors (Lipinski definition) is 2. The highest BCUT2D eigenvalue weighted by Crippen LogP contribution is 2.19. The Kier molecular flexibility index (Phi) is 20.5. The summed E-state index contributed by atoms with van der Waals surface area (Å²) in [7, 11) is 1.69. The highest BCUT2D eigenvalue weighted by molar-refractivity contribution is 14.0. The van der Waals surface area contributed by atoms with Gasteiger partial charge in [0.05, 0.1) is 19.3 Å². The average Bonchev–Trinajstić information content (AvgIpc) is 2.92. The van der Waals surface area contributed by atoms with Crippen molar-refractivity contribution in [1.82, 2.24) is 10.6 Å². The van der Waals surface area contributed by atoms with Gasteiger partial charge in [-0.3, -0.25) is 4.99 Å². The first kappa shape index (κ1) is 26.9. The first-order valence-corrected chi connectivity index (χ1v) is 10.6. The van der Waals surface area contributed by atoms with Crippen LogP contribution in [-0.2, 0) is 14.2 Å². The summed E-state index contributed by atoms with van der Waals surface area (Å²) in [6, 6.07) is 0. The summed E-state index contributed by atoms with van der Waals surface area (Å²) < 4.78 is 16.4. The molecule has 1 aliphatic rings. The molecule has 0 spiro atoms.